The van der Waals surface area contributed by atoms with Gasteiger partial charge in [-0.2, -0.15) is 5.10 Å². The van der Waals surface area contributed by atoms with Crippen LogP contribution >= 0.6 is 0 Å². The molecule has 2 aromatic rings. The second-order valence-corrected chi connectivity index (χ2v) is 4.20. The molecule has 5 nitrogen and oxygen atoms in total. The van der Waals surface area contributed by atoms with Crippen LogP contribution in [-0.2, 0) is 6.42 Å². The number of carbonyl (C=O) groups is 1. The minimum absolute atomic E-state index is 0.403. The van der Waals surface area contributed by atoms with Gasteiger partial charge in [0.05, 0.1) is 17.4 Å². The molecule has 0 aliphatic carbocycles. The van der Waals surface area contributed by atoms with Gasteiger partial charge in [0.25, 0.3) is 5.91 Å². The summed E-state index contributed by atoms with van der Waals surface area (Å²) in [4.78, 5) is 11.0. The molecule has 5 heteroatoms. The maximum absolute atomic E-state index is 11.0. The first kappa shape index (κ1) is 12.3. The van der Waals surface area contributed by atoms with Gasteiger partial charge in [-0.15, -0.1) is 0 Å². The summed E-state index contributed by atoms with van der Waals surface area (Å²) in [5, 5.41) is 4.14. The Hall–Kier alpha value is -2.14. The Labute approximate surface area is 105 Å². The van der Waals surface area contributed by atoms with Gasteiger partial charge in [0.15, 0.2) is 0 Å². The molecule has 0 fully saturated rings. The van der Waals surface area contributed by atoms with Crippen molar-refractivity contribution >= 4 is 5.91 Å². The van der Waals surface area contributed by atoms with Gasteiger partial charge >= 0.3 is 0 Å². The Balaban J connectivity index is 2.35. The van der Waals surface area contributed by atoms with Crippen molar-refractivity contribution < 1.29 is 4.79 Å². The predicted molar refractivity (Wildman–Crippen MR) is 69.6 cm³/mol. The van der Waals surface area contributed by atoms with Crippen LogP contribution in [0.1, 0.15) is 21.5 Å². The first-order valence-corrected chi connectivity index (χ1v) is 5.76. The van der Waals surface area contributed by atoms with Crippen molar-refractivity contribution in [3.05, 3.63) is 47.3 Å². The van der Waals surface area contributed by atoms with E-state index in [0.717, 1.165) is 17.7 Å². The Morgan fingerprint density at radius 1 is 1.44 bits per heavy atom. The van der Waals surface area contributed by atoms with E-state index < -0.39 is 5.91 Å². The van der Waals surface area contributed by atoms with E-state index in [1.54, 1.807) is 10.9 Å². The maximum atomic E-state index is 11.0. The quantitative estimate of drug-likeness (QED) is 0.833. The summed E-state index contributed by atoms with van der Waals surface area (Å²) in [5.41, 5.74) is 14.3. The molecule has 2 rings (SSSR count). The van der Waals surface area contributed by atoms with Gasteiger partial charge in [0.2, 0.25) is 0 Å². The monoisotopic (exact) mass is 244 g/mol. The van der Waals surface area contributed by atoms with Crippen LogP contribution in [0.4, 0.5) is 0 Å². The molecular weight excluding hydrogens is 228 g/mol. The average molecular weight is 244 g/mol. The zero-order valence-electron chi connectivity index (χ0n) is 10.3. The number of hydrogen-bond acceptors (Lipinski definition) is 3. The third-order valence-corrected chi connectivity index (χ3v) is 2.81. The second kappa shape index (κ2) is 5.01. The predicted octanol–water partition coefficient (Wildman–Crippen LogP) is 0.781. The van der Waals surface area contributed by atoms with Crippen molar-refractivity contribution in [1.82, 2.24) is 9.78 Å². The van der Waals surface area contributed by atoms with Crippen LogP contribution in [0.5, 0.6) is 0 Å². The minimum Gasteiger partial charge on any atom is -0.366 e. The molecule has 0 aliphatic rings. The first-order valence-electron chi connectivity index (χ1n) is 5.76. The molecule has 4 N–H and O–H groups in total. The van der Waals surface area contributed by atoms with Crippen LogP contribution in [0.2, 0.25) is 0 Å². The largest absolute Gasteiger partial charge is 0.366 e. The highest BCUT2D eigenvalue weighted by Gasteiger charge is 2.07. The van der Waals surface area contributed by atoms with Crippen molar-refractivity contribution in [2.75, 3.05) is 6.54 Å². The van der Waals surface area contributed by atoms with E-state index >= 15 is 0 Å². The van der Waals surface area contributed by atoms with Crippen LogP contribution in [0.25, 0.3) is 5.69 Å². The van der Waals surface area contributed by atoms with Crippen LogP contribution in [0, 0.1) is 6.92 Å². The lowest BCUT2D eigenvalue weighted by molar-refractivity contribution is 0.100. The van der Waals surface area contributed by atoms with Crippen molar-refractivity contribution in [3.63, 3.8) is 0 Å². The highest BCUT2D eigenvalue weighted by Crippen LogP contribution is 2.16. The van der Waals surface area contributed by atoms with Gasteiger partial charge in [0, 0.05) is 6.20 Å². The average Bonchev–Trinajstić information content (AvgIpc) is 2.79. The first-order chi connectivity index (χ1) is 8.61. The Morgan fingerprint density at radius 3 is 2.78 bits per heavy atom. The standard InChI is InChI=1S/C13H16N4O/c1-9-6-10(4-5-14)2-3-12(9)17-8-11(7-16-17)13(15)18/h2-3,6-8H,4-5,14H2,1H3,(H2,15,18). The maximum Gasteiger partial charge on any atom is 0.251 e. The van der Waals surface area contributed by atoms with Gasteiger partial charge < -0.3 is 11.5 Å². The third-order valence-electron chi connectivity index (χ3n) is 2.81. The fourth-order valence-corrected chi connectivity index (χ4v) is 1.88. The number of nitrogens with two attached hydrogens (primary N) is 2. The number of rotatable bonds is 4. The molecule has 1 aromatic heterocycles. The molecular formula is C13H16N4O. The minimum atomic E-state index is -0.473. The van der Waals surface area contributed by atoms with Crippen molar-refractivity contribution in [2.24, 2.45) is 11.5 Å². The van der Waals surface area contributed by atoms with E-state index in [0.29, 0.717) is 12.1 Å². The number of nitrogens with zero attached hydrogens (tertiary/aromatic N) is 2. The topological polar surface area (TPSA) is 86.9 Å². The highest BCUT2D eigenvalue weighted by atomic mass is 16.1. The van der Waals surface area contributed by atoms with Crippen LogP contribution < -0.4 is 11.5 Å². The van der Waals surface area contributed by atoms with Crippen LogP contribution in [0.3, 0.4) is 0 Å². The molecule has 94 valence electrons. The molecule has 0 atom stereocenters. The van der Waals surface area contributed by atoms with Gasteiger partial charge in [0.1, 0.15) is 0 Å². The molecule has 0 radical (unpaired) electrons. The zero-order valence-corrected chi connectivity index (χ0v) is 10.3. The van der Waals surface area contributed by atoms with Crippen LogP contribution in [0.15, 0.2) is 30.6 Å². The fraction of sp³-hybridized carbons (Fsp3) is 0.231. The summed E-state index contributed by atoms with van der Waals surface area (Å²) < 4.78 is 1.65. The summed E-state index contributed by atoms with van der Waals surface area (Å²) in [6.07, 6.45) is 3.95. The SMILES string of the molecule is Cc1cc(CCN)ccc1-n1cc(C(N)=O)cn1. The summed E-state index contributed by atoms with van der Waals surface area (Å²) in [6, 6.07) is 6.06. The smallest absolute Gasteiger partial charge is 0.251 e. The van der Waals surface area contributed by atoms with E-state index in [9.17, 15) is 4.79 Å². The van der Waals surface area contributed by atoms with E-state index in [2.05, 4.69) is 11.2 Å². The lowest BCUT2D eigenvalue weighted by Crippen LogP contribution is -2.09. The number of benzene rings is 1. The van der Waals surface area contributed by atoms with Gasteiger partial charge in [-0.1, -0.05) is 12.1 Å². The van der Waals surface area contributed by atoms with E-state index in [4.69, 9.17) is 11.5 Å². The molecule has 1 amide bonds. The number of primary amides is 1. The molecule has 1 heterocycles. The molecule has 0 saturated carbocycles. The van der Waals surface area contributed by atoms with Crippen LogP contribution in [-0.4, -0.2) is 22.2 Å². The van der Waals surface area contributed by atoms with Crippen molar-refractivity contribution in [3.8, 4) is 5.69 Å². The highest BCUT2D eigenvalue weighted by molar-refractivity contribution is 5.92. The summed E-state index contributed by atoms with van der Waals surface area (Å²) in [6.45, 7) is 2.63. The molecule has 0 unspecified atom stereocenters. The number of aromatic nitrogens is 2. The van der Waals surface area contributed by atoms with Gasteiger partial charge in [-0.25, -0.2) is 4.68 Å². The second-order valence-electron chi connectivity index (χ2n) is 4.20. The summed E-state index contributed by atoms with van der Waals surface area (Å²) >= 11 is 0. The molecule has 18 heavy (non-hydrogen) atoms. The molecule has 0 bridgehead atoms. The van der Waals surface area contributed by atoms with Crippen molar-refractivity contribution in [2.45, 2.75) is 13.3 Å². The molecule has 0 spiro atoms. The number of hydrogen-bond donors (Lipinski definition) is 2. The zero-order chi connectivity index (χ0) is 13.1. The summed E-state index contributed by atoms with van der Waals surface area (Å²) in [5.74, 6) is -0.473. The Bertz CT molecular complexity index is 574. The summed E-state index contributed by atoms with van der Waals surface area (Å²) in [7, 11) is 0. The lowest BCUT2D eigenvalue weighted by Gasteiger charge is -2.08. The molecule has 1 aromatic carbocycles. The third kappa shape index (κ3) is 2.41. The number of amides is 1. The van der Waals surface area contributed by atoms with E-state index in [-0.39, 0.29) is 0 Å². The van der Waals surface area contributed by atoms with Gasteiger partial charge in [-0.3, -0.25) is 4.79 Å². The Kier molecular flexibility index (Phi) is 3.43. The van der Waals surface area contributed by atoms with E-state index in [1.165, 1.54) is 11.8 Å². The van der Waals surface area contributed by atoms with Gasteiger partial charge in [-0.05, 0) is 37.1 Å². The Morgan fingerprint density at radius 2 is 2.22 bits per heavy atom. The molecule has 0 saturated heterocycles. The number of carbonyl (C=O) groups excluding carboxylic acids is 1. The lowest BCUT2D eigenvalue weighted by atomic mass is 10.1. The normalized spacial score (nSPS) is 10.6. The molecule has 0 aliphatic heterocycles. The number of aryl methyl sites for hydroxylation is 1. The van der Waals surface area contributed by atoms with E-state index in [1.807, 2.05) is 19.1 Å². The fourth-order valence-electron chi connectivity index (χ4n) is 1.88. The van der Waals surface area contributed by atoms with Crippen molar-refractivity contribution in [1.29, 1.82) is 0 Å².